The lowest BCUT2D eigenvalue weighted by Gasteiger charge is -2.03. The Balaban J connectivity index is 1.59. The summed E-state index contributed by atoms with van der Waals surface area (Å²) in [6, 6.07) is 13.3. The second-order valence-electron chi connectivity index (χ2n) is 5.98. The number of ether oxygens (including phenoxy) is 1. The van der Waals surface area contributed by atoms with E-state index >= 15 is 0 Å². The van der Waals surface area contributed by atoms with E-state index in [0.29, 0.717) is 28.4 Å². The standard InChI is InChI=1S/C19H16FN5O2/c1-25-17-9-12(20)6-7-14(17)21-19(25)22-18(26)16-10-15(23-24-16)11-4-3-5-13(8-11)27-2/h3-10H,1-2H3,(H,23,24)(H,21,22,26). The number of nitrogens with zero attached hydrogens (tertiary/aromatic N) is 3. The molecule has 4 aromatic rings. The Kier molecular flexibility index (Phi) is 4.08. The number of aryl methyl sites for hydroxylation is 1. The molecule has 2 aromatic heterocycles. The number of aromatic amines is 1. The lowest BCUT2D eigenvalue weighted by molar-refractivity contribution is 0.102. The summed E-state index contributed by atoms with van der Waals surface area (Å²) in [4.78, 5) is 16.9. The van der Waals surface area contributed by atoms with Gasteiger partial charge in [0.2, 0.25) is 5.95 Å². The first-order chi connectivity index (χ1) is 13.0. The second kappa shape index (κ2) is 6.56. The number of amides is 1. The summed E-state index contributed by atoms with van der Waals surface area (Å²) in [5.74, 6) is 0.266. The van der Waals surface area contributed by atoms with Crippen LogP contribution in [-0.4, -0.2) is 32.8 Å². The van der Waals surface area contributed by atoms with Crippen LogP contribution in [0.3, 0.4) is 0 Å². The Morgan fingerprint density at radius 1 is 1.22 bits per heavy atom. The Hall–Kier alpha value is -3.68. The number of anilines is 1. The van der Waals surface area contributed by atoms with Gasteiger partial charge in [0.1, 0.15) is 17.3 Å². The minimum Gasteiger partial charge on any atom is -0.497 e. The van der Waals surface area contributed by atoms with Crippen molar-refractivity contribution in [3.8, 4) is 17.0 Å². The highest BCUT2D eigenvalue weighted by Gasteiger charge is 2.15. The van der Waals surface area contributed by atoms with Crippen molar-refractivity contribution in [3.63, 3.8) is 0 Å². The highest BCUT2D eigenvalue weighted by molar-refractivity contribution is 6.03. The third kappa shape index (κ3) is 3.12. The summed E-state index contributed by atoms with van der Waals surface area (Å²) >= 11 is 0. The van der Waals surface area contributed by atoms with Crippen molar-refractivity contribution in [2.45, 2.75) is 0 Å². The maximum atomic E-state index is 13.4. The van der Waals surface area contributed by atoms with Gasteiger partial charge < -0.3 is 9.30 Å². The summed E-state index contributed by atoms with van der Waals surface area (Å²) < 4.78 is 20.2. The fraction of sp³-hybridized carbons (Fsp3) is 0.105. The Bertz CT molecular complexity index is 1150. The minimum atomic E-state index is -0.393. The van der Waals surface area contributed by atoms with Crippen LogP contribution in [0.1, 0.15) is 10.5 Å². The zero-order chi connectivity index (χ0) is 19.0. The normalized spacial score (nSPS) is 10.9. The molecule has 0 spiro atoms. The lowest BCUT2D eigenvalue weighted by Crippen LogP contribution is -2.15. The topological polar surface area (TPSA) is 84.8 Å². The maximum absolute atomic E-state index is 13.4. The zero-order valence-corrected chi connectivity index (χ0v) is 14.7. The van der Waals surface area contributed by atoms with Gasteiger partial charge in [0, 0.05) is 12.6 Å². The van der Waals surface area contributed by atoms with E-state index in [2.05, 4.69) is 20.5 Å². The first kappa shape index (κ1) is 16.8. The van der Waals surface area contributed by atoms with Crippen LogP contribution in [-0.2, 0) is 7.05 Å². The number of H-pyrrole nitrogens is 1. The third-order valence-corrected chi connectivity index (χ3v) is 4.26. The molecule has 0 atom stereocenters. The molecule has 136 valence electrons. The lowest BCUT2D eigenvalue weighted by atomic mass is 10.1. The number of aromatic nitrogens is 4. The van der Waals surface area contributed by atoms with E-state index in [0.717, 1.165) is 5.56 Å². The monoisotopic (exact) mass is 365 g/mol. The van der Waals surface area contributed by atoms with Crippen LogP contribution in [0, 0.1) is 5.82 Å². The summed E-state index contributed by atoms with van der Waals surface area (Å²) in [5, 5.41) is 9.62. The molecule has 2 heterocycles. The van der Waals surface area contributed by atoms with E-state index in [1.165, 1.54) is 12.1 Å². The number of carbonyl (C=O) groups excluding carboxylic acids is 1. The van der Waals surface area contributed by atoms with Crippen molar-refractivity contribution in [2.24, 2.45) is 7.05 Å². The Morgan fingerprint density at radius 3 is 2.89 bits per heavy atom. The highest BCUT2D eigenvalue weighted by atomic mass is 19.1. The van der Waals surface area contributed by atoms with Gasteiger partial charge in [-0.15, -0.1) is 0 Å². The quantitative estimate of drug-likeness (QED) is 0.581. The molecule has 7 nitrogen and oxygen atoms in total. The number of imidazole rings is 1. The van der Waals surface area contributed by atoms with Gasteiger partial charge in [0.15, 0.2) is 0 Å². The molecule has 4 rings (SSSR count). The van der Waals surface area contributed by atoms with Crippen LogP contribution < -0.4 is 10.1 Å². The predicted octanol–water partition coefficient (Wildman–Crippen LogP) is 3.36. The SMILES string of the molecule is COc1cccc(-c2cc(C(=O)Nc3nc4ccc(F)cc4n3C)[nH]n2)c1. The molecule has 1 amide bonds. The number of benzene rings is 2. The van der Waals surface area contributed by atoms with Crippen molar-refractivity contribution >= 4 is 22.9 Å². The second-order valence-corrected chi connectivity index (χ2v) is 5.98. The number of halogens is 1. The molecule has 2 aromatic carbocycles. The van der Waals surface area contributed by atoms with Crippen molar-refractivity contribution in [1.29, 1.82) is 0 Å². The van der Waals surface area contributed by atoms with E-state index in [-0.39, 0.29) is 11.5 Å². The first-order valence-corrected chi connectivity index (χ1v) is 8.18. The summed E-state index contributed by atoms with van der Waals surface area (Å²) in [7, 11) is 3.30. The van der Waals surface area contributed by atoms with E-state index in [9.17, 15) is 9.18 Å². The molecule has 0 radical (unpaired) electrons. The molecule has 27 heavy (non-hydrogen) atoms. The van der Waals surface area contributed by atoms with E-state index in [4.69, 9.17) is 4.74 Å². The largest absolute Gasteiger partial charge is 0.497 e. The summed E-state index contributed by atoms with van der Waals surface area (Å²) in [6.07, 6.45) is 0. The molecular weight excluding hydrogens is 349 g/mol. The molecule has 2 N–H and O–H groups in total. The van der Waals surface area contributed by atoms with Gasteiger partial charge in [-0.05, 0) is 36.4 Å². The average molecular weight is 365 g/mol. The van der Waals surface area contributed by atoms with Crippen LogP contribution in [0.5, 0.6) is 5.75 Å². The minimum absolute atomic E-state index is 0.283. The number of carbonyl (C=O) groups is 1. The third-order valence-electron chi connectivity index (χ3n) is 4.26. The number of hydrogen-bond acceptors (Lipinski definition) is 4. The number of nitrogens with one attached hydrogen (secondary N) is 2. The van der Waals surface area contributed by atoms with Crippen molar-refractivity contribution < 1.29 is 13.9 Å². The smallest absolute Gasteiger partial charge is 0.275 e. The van der Waals surface area contributed by atoms with Crippen molar-refractivity contribution in [1.82, 2.24) is 19.7 Å². The van der Waals surface area contributed by atoms with Gasteiger partial charge in [-0.3, -0.25) is 15.2 Å². The number of methoxy groups -OCH3 is 1. The maximum Gasteiger partial charge on any atom is 0.275 e. The average Bonchev–Trinajstić information content (AvgIpc) is 3.28. The van der Waals surface area contributed by atoms with Crippen LogP contribution in [0.15, 0.2) is 48.5 Å². The van der Waals surface area contributed by atoms with Crippen molar-refractivity contribution in [2.75, 3.05) is 12.4 Å². The van der Waals surface area contributed by atoms with Gasteiger partial charge in [0.25, 0.3) is 5.91 Å². The molecule has 0 unspecified atom stereocenters. The molecular formula is C19H16FN5O2. The van der Waals surface area contributed by atoms with Gasteiger partial charge in [-0.2, -0.15) is 5.10 Å². The van der Waals surface area contributed by atoms with Gasteiger partial charge in [0.05, 0.1) is 23.8 Å². The van der Waals surface area contributed by atoms with Gasteiger partial charge in [-0.25, -0.2) is 9.37 Å². The summed E-state index contributed by atoms with van der Waals surface area (Å²) in [6.45, 7) is 0. The molecule has 0 aliphatic carbocycles. The predicted molar refractivity (Wildman–Crippen MR) is 99.2 cm³/mol. The van der Waals surface area contributed by atoms with E-state index in [1.807, 2.05) is 24.3 Å². The molecule has 0 aliphatic heterocycles. The molecule has 0 bridgehead atoms. The Labute approximate surface area is 153 Å². The van der Waals surface area contributed by atoms with E-state index in [1.54, 1.807) is 30.9 Å². The fourth-order valence-corrected chi connectivity index (χ4v) is 2.81. The number of fused-ring (bicyclic) bond motifs is 1. The Morgan fingerprint density at radius 2 is 2.07 bits per heavy atom. The van der Waals surface area contributed by atoms with Gasteiger partial charge in [-0.1, -0.05) is 12.1 Å². The number of hydrogen-bond donors (Lipinski definition) is 2. The van der Waals surface area contributed by atoms with Crippen LogP contribution in [0.4, 0.5) is 10.3 Å². The zero-order valence-electron chi connectivity index (χ0n) is 14.7. The molecule has 0 saturated heterocycles. The molecule has 0 aliphatic rings. The van der Waals surface area contributed by atoms with Crippen LogP contribution in [0.2, 0.25) is 0 Å². The number of rotatable bonds is 4. The van der Waals surface area contributed by atoms with E-state index < -0.39 is 5.91 Å². The fourth-order valence-electron chi connectivity index (χ4n) is 2.81. The van der Waals surface area contributed by atoms with Crippen molar-refractivity contribution in [3.05, 3.63) is 60.0 Å². The molecule has 8 heteroatoms. The summed E-state index contributed by atoms with van der Waals surface area (Å²) in [5.41, 5.74) is 2.91. The highest BCUT2D eigenvalue weighted by Crippen LogP contribution is 2.23. The first-order valence-electron chi connectivity index (χ1n) is 8.18. The van der Waals surface area contributed by atoms with Crippen LogP contribution in [0.25, 0.3) is 22.3 Å². The molecule has 0 saturated carbocycles. The van der Waals surface area contributed by atoms with Crippen LogP contribution >= 0.6 is 0 Å². The van der Waals surface area contributed by atoms with Gasteiger partial charge >= 0.3 is 0 Å². The molecule has 0 fully saturated rings.